The zero-order chi connectivity index (χ0) is 16.8. The molecule has 0 aliphatic rings. The number of amides is 1. The Morgan fingerprint density at radius 1 is 1.30 bits per heavy atom. The highest BCUT2D eigenvalue weighted by atomic mass is 16.3. The lowest BCUT2D eigenvalue weighted by Crippen LogP contribution is -2.36. The van der Waals surface area contributed by atoms with Crippen LogP contribution in [0, 0.1) is 0 Å². The largest absolute Gasteiger partial charge is 0.392 e. The minimum absolute atomic E-state index is 0.0260. The van der Waals surface area contributed by atoms with Crippen LogP contribution >= 0.6 is 0 Å². The molecule has 0 aliphatic carbocycles. The molecule has 0 aliphatic heterocycles. The van der Waals surface area contributed by atoms with Gasteiger partial charge in [0.25, 0.3) is 0 Å². The molecule has 1 aromatic heterocycles. The van der Waals surface area contributed by atoms with Gasteiger partial charge in [0.1, 0.15) is 6.54 Å². The van der Waals surface area contributed by atoms with Gasteiger partial charge in [0, 0.05) is 12.6 Å². The summed E-state index contributed by atoms with van der Waals surface area (Å²) in [5, 5.41) is 15.6. The lowest BCUT2D eigenvalue weighted by Gasteiger charge is -2.16. The first-order valence-electron chi connectivity index (χ1n) is 8.21. The minimum Gasteiger partial charge on any atom is -0.392 e. The molecule has 0 radical (unpaired) electrons. The van der Waals surface area contributed by atoms with Gasteiger partial charge in [-0.1, -0.05) is 26.0 Å². The van der Waals surface area contributed by atoms with Gasteiger partial charge < -0.3 is 20.3 Å². The first-order valence-corrected chi connectivity index (χ1v) is 8.21. The fraction of sp³-hybridized carbons (Fsp3) is 0.529. The van der Waals surface area contributed by atoms with Gasteiger partial charge >= 0.3 is 0 Å². The first-order chi connectivity index (χ1) is 11.0. The molecule has 2 aromatic rings. The lowest BCUT2D eigenvalue weighted by molar-refractivity contribution is -0.122. The van der Waals surface area contributed by atoms with Crippen molar-refractivity contribution in [3.63, 3.8) is 0 Å². The van der Waals surface area contributed by atoms with Gasteiger partial charge in [-0.05, 0) is 31.9 Å². The SMILES string of the molecule is CCC(CC)NC(=O)Cn1c(NCC(C)O)nc2ccccc21. The van der Waals surface area contributed by atoms with Gasteiger partial charge in [-0.15, -0.1) is 0 Å². The number of nitrogens with zero attached hydrogens (tertiary/aromatic N) is 2. The molecule has 1 amide bonds. The summed E-state index contributed by atoms with van der Waals surface area (Å²) in [6, 6.07) is 7.91. The number of carbonyl (C=O) groups is 1. The summed E-state index contributed by atoms with van der Waals surface area (Å²) in [5.41, 5.74) is 1.73. The minimum atomic E-state index is -0.485. The number of imidazole rings is 1. The molecule has 2 rings (SSSR count). The molecule has 6 nitrogen and oxygen atoms in total. The van der Waals surface area contributed by atoms with Crippen LogP contribution in [0.3, 0.4) is 0 Å². The van der Waals surface area contributed by atoms with Gasteiger partial charge in [0.15, 0.2) is 0 Å². The maximum Gasteiger partial charge on any atom is 0.240 e. The van der Waals surface area contributed by atoms with E-state index in [1.54, 1.807) is 6.92 Å². The molecule has 1 atom stereocenters. The molecule has 3 N–H and O–H groups in total. The number of nitrogens with one attached hydrogen (secondary N) is 2. The zero-order valence-corrected chi connectivity index (χ0v) is 14.0. The van der Waals surface area contributed by atoms with E-state index in [9.17, 15) is 9.90 Å². The molecule has 0 fully saturated rings. The molecule has 1 aromatic carbocycles. The number of aliphatic hydroxyl groups is 1. The van der Waals surface area contributed by atoms with Crippen molar-refractivity contribution in [3.8, 4) is 0 Å². The number of carbonyl (C=O) groups excluding carboxylic acids is 1. The van der Waals surface area contributed by atoms with Crippen molar-refractivity contribution in [2.45, 2.75) is 52.3 Å². The van der Waals surface area contributed by atoms with E-state index in [1.807, 2.05) is 28.8 Å². The van der Waals surface area contributed by atoms with Crippen molar-refractivity contribution in [2.75, 3.05) is 11.9 Å². The standard InChI is InChI=1S/C17H26N4O2/c1-4-13(5-2)19-16(23)11-21-15-9-7-6-8-14(15)20-17(21)18-10-12(3)22/h6-9,12-13,22H,4-5,10-11H2,1-3H3,(H,18,20)(H,19,23). The van der Waals surface area contributed by atoms with E-state index < -0.39 is 6.10 Å². The maximum atomic E-state index is 12.3. The average Bonchev–Trinajstić information content (AvgIpc) is 2.88. The third-order valence-electron chi connectivity index (χ3n) is 3.86. The smallest absolute Gasteiger partial charge is 0.240 e. The maximum absolute atomic E-state index is 12.3. The van der Waals surface area contributed by atoms with Crippen molar-refractivity contribution < 1.29 is 9.90 Å². The lowest BCUT2D eigenvalue weighted by atomic mass is 10.2. The number of para-hydroxylation sites is 2. The fourth-order valence-electron chi connectivity index (χ4n) is 2.52. The van der Waals surface area contributed by atoms with E-state index in [2.05, 4.69) is 29.5 Å². The van der Waals surface area contributed by atoms with Crippen LogP contribution in [0.2, 0.25) is 0 Å². The second-order valence-corrected chi connectivity index (χ2v) is 5.82. The van der Waals surface area contributed by atoms with Crippen molar-refractivity contribution in [2.24, 2.45) is 0 Å². The Bertz CT molecular complexity index is 647. The van der Waals surface area contributed by atoms with Crippen LogP contribution in [0.15, 0.2) is 24.3 Å². The van der Waals surface area contributed by atoms with Crippen molar-refractivity contribution >= 4 is 22.9 Å². The van der Waals surface area contributed by atoms with E-state index >= 15 is 0 Å². The van der Waals surface area contributed by atoms with E-state index in [-0.39, 0.29) is 18.5 Å². The van der Waals surface area contributed by atoms with E-state index in [0.717, 1.165) is 23.9 Å². The number of rotatable bonds is 8. The number of anilines is 1. The van der Waals surface area contributed by atoms with Gasteiger partial charge in [-0.25, -0.2) is 4.98 Å². The summed E-state index contributed by atoms with van der Waals surface area (Å²) in [6.07, 6.45) is 1.35. The van der Waals surface area contributed by atoms with Crippen molar-refractivity contribution in [1.29, 1.82) is 0 Å². The predicted molar refractivity (Wildman–Crippen MR) is 92.4 cm³/mol. The first kappa shape index (κ1) is 17.3. The Morgan fingerprint density at radius 2 is 2.00 bits per heavy atom. The quantitative estimate of drug-likeness (QED) is 0.697. The van der Waals surface area contributed by atoms with E-state index in [1.165, 1.54) is 0 Å². The number of hydrogen-bond acceptors (Lipinski definition) is 4. The van der Waals surface area contributed by atoms with Crippen LogP contribution in [-0.4, -0.2) is 39.3 Å². The second-order valence-electron chi connectivity index (χ2n) is 5.82. The molecule has 0 bridgehead atoms. The molecule has 23 heavy (non-hydrogen) atoms. The molecule has 126 valence electrons. The summed E-state index contributed by atoms with van der Waals surface area (Å²) in [4.78, 5) is 16.9. The van der Waals surface area contributed by atoms with Crippen LogP contribution in [0.1, 0.15) is 33.6 Å². The predicted octanol–water partition coefficient (Wildman–Crippen LogP) is 2.13. The number of aromatic nitrogens is 2. The van der Waals surface area contributed by atoms with Crippen LogP contribution < -0.4 is 10.6 Å². The topological polar surface area (TPSA) is 79.2 Å². The fourth-order valence-corrected chi connectivity index (χ4v) is 2.52. The van der Waals surface area contributed by atoms with Crippen LogP contribution in [0.4, 0.5) is 5.95 Å². The molecule has 0 saturated carbocycles. The third-order valence-corrected chi connectivity index (χ3v) is 3.86. The highest BCUT2D eigenvalue weighted by Gasteiger charge is 2.15. The van der Waals surface area contributed by atoms with Gasteiger partial charge in [-0.3, -0.25) is 4.79 Å². The third kappa shape index (κ3) is 4.45. The molecular formula is C17H26N4O2. The van der Waals surface area contributed by atoms with E-state index in [4.69, 9.17) is 0 Å². The van der Waals surface area contributed by atoms with Gasteiger partial charge in [0.05, 0.1) is 17.1 Å². The van der Waals surface area contributed by atoms with Crippen molar-refractivity contribution in [3.05, 3.63) is 24.3 Å². The Morgan fingerprint density at radius 3 is 2.65 bits per heavy atom. The number of aliphatic hydroxyl groups excluding tert-OH is 1. The molecule has 1 heterocycles. The van der Waals surface area contributed by atoms with Crippen LogP contribution in [-0.2, 0) is 11.3 Å². The van der Waals surface area contributed by atoms with Crippen molar-refractivity contribution in [1.82, 2.24) is 14.9 Å². The molecular weight excluding hydrogens is 292 g/mol. The Balaban J connectivity index is 2.22. The van der Waals surface area contributed by atoms with Crippen LogP contribution in [0.5, 0.6) is 0 Å². The van der Waals surface area contributed by atoms with Crippen LogP contribution in [0.25, 0.3) is 11.0 Å². The molecule has 1 unspecified atom stereocenters. The highest BCUT2D eigenvalue weighted by Crippen LogP contribution is 2.19. The highest BCUT2D eigenvalue weighted by molar-refractivity contribution is 5.83. The van der Waals surface area contributed by atoms with E-state index in [0.29, 0.717) is 12.5 Å². The summed E-state index contributed by atoms with van der Waals surface area (Å²) in [5.74, 6) is 0.578. The summed E-state index contributed by atoms with van der Waals surface area (Å²) in [7, 11) is 0. The Hall–Kier alpha value is -2.08. The Labute approximate surface area is 136 Å². The molecule has 0 spiro atoms. The van der Waals surface area contributed by atoms with Gasteiger partial charge in [-0.2, -0.15) is 0 Å². The number of fused-ring (bicyclic) bond motifs is 1. The Kier molecular flexibility index (Phi) is 5.98. The zero-order valence-electron chi connectivity index (χ0n) is 14.0. The van der Waals surface area contributed by atoms with Gasteiger partial charge in [0.2, 0.25) is 11.9 Å². The summed E-state index contributed by atoms with van der Waals surface area (Å²) in [6.45, 7) is 6.43. The summed E-state index contributed by atoms with van der Waals surface area (Å²) < 4.78 is 1.86. The second kappa shape index (κ2) is 7.97. The normalized spacial score (nSPS) is 12.6. The molecule has 6 heteroatoms. The number of hydrogen-bond donors (Lipinski definition) is 3. The number of benzene rings is 1. The monoisotopic (exact) mass is 318 g/mol. The molecule has 0 saturated heterocycles. The summed E-state index contributed by atoms with van der Waals surface area (Å²) >= 11 is 0. The average molecular weight is 318 g/mol.